The zero-order valence-corrected chi connectivity index (χ0v) is 18.5. The second-order valence-corrected chi connectivity index (χ2v) is 8.51. The number of hydrogen-bond acceptors (Lipinski definition) is 7. The molecule has 1 aliphatic rings. The molecule has 0 aliphatic heterocycles. The lowest BCUT2D eigenvalue weighted by atomic mass is 9.83. The minimum atomic E-state index is -1.09. The van der Waals surface area contributed by atoms with Crippen molar-refractivity contribution in [3.63, 3.8) is 0 Å². The van der Waals surface area contributed by atoms with Crippen molar-refractivity contribution >= 4 is 18.2 Å². The molecular formula is C20H36N2O7. The molecule has 6 atom stereocenters. The molecule has 0 aromatic carbocycles. The summed E-state index contributed by atoms with van der Waals surface area (Å²) in [6.07, 6.45) is -2.56. The molecule has 168 valence electrons. The lowest BCUT2D eigenvalue weighted by molar-refractivity contribution is -0.121. The van der Waals surface area contributed by atoms with E-state index in [1.165, 1.54) is 6.92 Å². The van der Waals surface area contributed by atoms with Gasteiger partial charge in [-0.25, -0.2) is 9.59 Å². The van der Waals surface area contributed by atoms with Gasteiger partial charge >= 0.3 is 12.2 Å². The number of aliphatic hydroxyl groups is 1. The van der Waals surface area contributed by atoms with Crippen molar-refractivity contribution in [1.29, 1.82) is 0 Å². The summed E-state index contributed by atoms with van der Waals surface area (Å²) in [5, 5.41) is 16.6. The van der Waals surface area contributed by atoms with Gasteiger partial charge in [0.05, 0.1) is 12.7 Å². The first-order chi connectivity index (χ1) is 13.4. The van der Waals surface area contributed by atoms with Gasteiger partial charge in [-0.05, 0) is 33.6 Å². The Kier molecular flexibility index (Phi) is 9.19. The van der Waals surface area contributed by atoms with Crippen molar-refractivity contribution in [3.8, 4) is 0 Å². The summed E-state index contributed by atoms with van der Waals surface area (Å²) >= 11 is 0. The Labute approximate surface area is 172 Å². The summed E-state index contributed by atoms with van der Waals surface area (Å²) in [6.45, 7) is 12.4. The van der Waals surface area contributed by atoms with E-state index in [1.54, 1.807) is 27.7 Å². The van der Waals surface area contributed by atoms with Crippen LogP contribution in [0.2, 0.25) is 0 Å². The molecule has 2 unspecified atom stereocenters. The van der Waals surface area contributed by atoms with Crippen LogP contribution in [0, 0.1) is 11.8 Å². The fourth-order valence-corrected chi connectivity index (χ4v) is 3.61. The molecule has 0 saturated heterocycles. The van der Waals surface area contributed by atoms with Crippen molar-refractivity contribution in [1.82, 2.24) is 10.6 Å². The molecule has 9 heteroatoms. The number of amides is 2. The Morgan fingerprint density at radius 2 is 1.83 bits per heavy atom. The summed E-state index contributed by atoms with van der Waals surface area (Å²) in [4.78, 5) is 35.9. The predicted molar refractivity (Wildman–Crippen MR) is 106 cm³/mol. The van der Waals surface area contributed by atoms with Crippen molar-refractivity contribution in [2.24, 2.45) is 11.8 Å². The quantitative estimate of drug-likeness (QED) is 0.544. The third-order valence-corrected chi connectivity index (χ3v) is 4.98. The zero-order chi connectivity index (χ0) is 22.4. The number of alkyl carbamates (subject to hydrolysis) is 1. The number of carbonyl (C=O) groups is 3. The standard InChI is InChI=1S/C20H36N2O7/c1-8-11(3)16(21-12(4)23)15-13(22-18(25)29-20(5,6)7)10-14(17(15)24)28-19(26)27-9-2/h11,13-17,24H,8-10H2,1-7H3,(H,21,23)(H,22,25)/t11?,13-,14-,15+,16?,17+/m1/s1. The van der Waals surface area contributed by atoms with Crippen LogP contribution in [-0.2, 0) is 19.0 Å². The van der Waals surface area contributed by atoms with E-state index in [2.05, 4.69) is 10.6 Å². The van der Waals surface area contributed by atoms with Gasteiger partial charge in [0.2, 0.25) is 5.91 Å². The van der Waals surface area contributed by atoms with Gasteiger partial charge in [0.1, 0.15) is 11.7 Å². The Morgan fingerprint density at radius 3 is 2.31 bits per heavy atom. The molecule has 0 spiro atoms. The molecule has 0 aromatic rings. The van der Waals surface area contributed by atoms with E-state index in [-0.39, 0.29) is 24.9 Å². The predicted octanol–water partition coefficient (Wildman–Crippen LogP) is 2.35. The van der Waals surface area contributed by atoms with E-state index in [0.717, 1.165) is 6.42 Å². The number of ether oxygens (including phenoxy) is 3. The van der Waals surface area contributed by atoms with Crippen LogP contribution < -0.4 is 10.6 Å². The SMILES string of the molecule is CCOC(=O)O[C@@H]1C[C@@H](NC(=O)OC(C)(C)C)[C@@H](C(NC(C)=O)C(C)CC)[C@H]1O. The lowest BCUT2D eigenvalue weighted by Gasteiger charge is -2.35. The Morgan fingerprint density at radius 1 is 1.21 bits per heavy atom. The summed E-state index contributed by atoms with van der Waals surface area (Å²) in [7, 11) is 0. The van der Waals surface area contributed by atoms with E-state index in [0.29, 0.717) is 0 Å². The maximum atomic E-state index is 12.3. The van der Waals surface area contributed by atoms with Gasteiger partial charge in [-0.2, -0.15) is 0 Å². The third kappa shape index (κ3) is 7.72. The second kappa shape index (κ2) is 10.7. The molecule has 1 saturated carbocycles. The zero-order valence-electron chi connectivity index (χ0n) is 18.5. The van der Waals surface area contributed by atoms with E-state index in [9.17, 15) is 19.5 Å². The minimum Gasteiger partial charge on any atom is -0.444 e. The highest BCUT2D eigenvalue weighted by atomic mass is 16.7. The van der Waals surface area contributed by atoms with Gasteiger partial charge in [0.25, 0.3) is 0 Å². The molecule has 0 heterocycles. The van der Waals surface area contributed by atoms with E-state index in [4.69, 9.17) is 14.2 Å². The van der Waals surface area contributed by atoms with Crippen LogP contribution in [0.25, 0.3) is 0 Å². The highest BCUT2D eigenvalue weighted by molar-refractivity contribution is 5.73. The fourth-order valence-electron chi connectivity index (χ4n) is 3.61. The van der Waals surface area contributed by atoms with Crippen LogP contribution in [0.3, 0.4) is 0 Å². The van der Waals surface area contributed by atoms with Crippen LogP contribution in [0.5, 0.6) is 0 Å². The normalized spacial score (nSPS) is 26.2. The average molecular weight is 417 g/mol. The number of aliphatic hydroxyl groups excluding tert-OH is 1. The Balaban J connectivity index is 3.11. The maximum absolute atomic E-state index is 12.3. The molecule has 1 rings (SSSR count). The topological polar surface area (TPSA) is 123 Å². The van der Waals surface area contributed by atoms with E-state index < -0.39 is 48.1 Å². The summed E-state index contributed by atoms with van der Waals surface area (Å²) in [5.41, 5.74) is -0.689. The summed E-state index contributed by atoms with van der Waals surface area (Å²) < 4.78 is 15.4. The van der Waals surface area contributed by atoms with Crippen LogP contribution in [-0.4, -0.2) is 59.8 Å². The molecule has 2 amide bonds. The van der Waals surface area contributed by atoms with Gasteiger partial charge in [0.15, 0.2) is 0 Å². The number of nitrogens with one attached hydrogen (secondary N) is 2. The van der Waals surface area contributed by atoms with Crippen LogP contribution in [0.1, 0.15) is 61.3 Å². The minimum absolute atomic E-state index is 0.0165. The van der Waals surface area contributed by atoms with Crippen molar-refractivity contribution in [2.75, 3.05) is 6.61 Å². The first kappa shape index (κ1) is 25.0. The van der Waals surface area contributed by atoms with Crippen molar-refractivity contribution in [2.45, 2.75) is 91.2 Å². The molecule has 0 aromatic heterocycles. The number of hydrogen-bond donors (Lipinski definition) is 3. The lowest BCUT2D eigenvalue weighted by Crippen LogP contribution is -2.54. The van der Waals surface area contributed by atoms with Gasteiger partial charge in [-0.3, -0.25) is 4.79 Å². The number of carbonyl (C=O) groups excluding carboxylic acids is 3. The van der Waals surface area contributed by atoms with Crippen LogP contribution in [0.4, 0.5) is 9.59 Å². The average Bonchev–Trinajstić information content (AvgIpc) is 2.85. The second-order valence-electron chi connectivity index (χ2n) is 8.51. The van der Waals surface area contributed by atoms with Gasteiger partial charge in [-0.1, -0.05) is 20.3 Å². The highest BCUT2D eigenvalue weighted by Crippen LogP contribution is 2.35. The smallest absolute Gasteiger partial charge is 0.444 e. The first-order valence-electron chi connectivity index (χ1n) is 10.2. The van der Waals surface area contributed by atoms with Crippen LogP contribution in [0.15, 0.2) is 0 Å². The molecule has 0 bridgehead atoms. The van der Waals surface area contributed by atoms with Crippen molar-refractivity contribution < 1.29 is 33.7 Å². The Bertz CT molecular complexity index is 576. The monoisotopic (exact) mass is 416 g/mol. The Hall–Kier alpha value is -2.03. The fraction of sp³-hybridized carbons (Fsp3) is 0.850. The van der Waals surface area contributed by atoms with E-state index >= 15 is 0 Å². The third-order valence-electron chi connectivity index (χ3n) is 4.98. The molecule has 3 N–H and O–H groups in total. The summed E-state index contributed by atoms with van der Waals surface area (Å²) in [6, 6.07) is -0.992. The molecule has 1 aliphatic carbocycles. The maximum Gasteiger partial charge on any atom is 0.508 e. The van der Waals surface area contributed by atoms with Crippen LogP contribution >= 0.6 is 0 Å². The molecule has 0 radical (unpaired) electrons. The molecule has 29 heavy (non-hydrogen) atoms. The molecule has 1 fully saturated rings. The first-order valence-corrected chi connectivity index (χ1v) is 10.2. The number of rotatable bonds is 7. The molecule has 9 nitrogen and oxygen atoms in total. The van der Waals surface area contributed by atoms with Gasteiger partial charge in [-0.15, -0.1) is 0 Å². The van der Waals surface area contributed by atoms with Crippen molar-refractivity contribution in [3.05, 3.63) is 0 Å². The van der Waals surface area contributed by atoms with E-state index in [1.807, 2.05) is 13.8 Å². The summed E-state index contributed by atoms with van der Waals surface area (Å²) in [5.74, 6) is -0.795. The largest absolute Gasteiger partial charge is 0.508 e. The van der Waals surface area contributed by atoms with Gasteiger partial charge < -0.3 is 30.0 Å². The molecular weight excluding hydrogens is 380 g/mol. The van der Waals surface area contributed by atoms with Gasteiger partial charge in [0, 0.05) is 31.3 Å². The highest BCUT2D eigenvalue weighted by Gasteiger charge is 2.50.